The molecule has 3 atom stereocenters. The first-order valence-corrected chi connectivity index (χ1v) is 7.27. The predicted octanol–water partition coefficient (Wildman–Crippen LogP) is 3.24. The van der Waals surface area contributed by atoms with Crippen molar-refractivity contribution in [2.45, 2.75) is 58.2 Å². The molecule has 4 heteroatoms. The largest absolute Gasteiger partial charge is 0.494 e. The van der Waals surface area contributed by atoms with Gasteiger partial charge < -0.3 is 14.9 Å². The van der Waals surface area contributed by atoms with Gasteiger partial charge in [-0.25, -0.2) is 4.39 Å². The second-order valence-corrected chi connectivity index (χ2v) is 5.18. The maximum Gasteiger partial charge on any atom is 0.123 e. The van der Waals surface area contributed by atoms with Crippen molar-refractivity contribution in [1.82, 2.24) is 0 Å². The van der Waals surface area contributed by atoms with Gasteiger partial charge in [-0.15, -0.1) is 0 Å². The van der Waals surface area contributed by atoms with Crippen molar-refractivity contribution in [2.24, 2.45) is 0 Å². The minimum atomic E-state index is -0.803. The second kappa shape index (κ2) is 8.22. The molecule has 0 bridgehead atoms. The smallest absolute Gasteiger partial charge is 0.123 e. The highest BCUT2D eigenvalue weighted by Gasteiger charge is 2.21. The summed E-state index contributed by atoms with van der Waals surface area (Å²) >= 11 is 0. The Morgan fingerprint density at radius 3 is 2.50 bits per heavy atom. The van der Waals surface area contributed by atoms with Crippen LogP contribution in [0.1, 0.15) is 51.5 Å². The maximum atomic E-state index is 13.4. The molecule has 0 heterocycles. The molecule has 0 amide bonds. The van der Waals surface area contributed by atoms with Crippen molar-refractivity contribution < 1.29 is 19.3 Å². The van der Waals surface area contributed by atoms with E-state index in [2.05, 4.69) is 0 Å². The van der Waals surface area contributed by atoms with Gasteiger partial charge in [0.05, 0.1) is 18.8 Å². The maximum absolute atomic E-state index is 13.4. The van der Waals surface area contributed by atoms with E-state index < -0.39 is 12.2 Å². The van der Waals surface area contributed by atoms with Crippen LogP contribution in [0, 0.1) is 5.82 Å². The molecule has 1 rings (SSSR count). The molecular weight excluding hydrogens is 259 g/mol. The zero-order chi connectivity index (χ0) is 15.1. The van der Waals surface area contributed by atoms with Gasteiger partial charge in [-0.1, -0.05) is 20.3 Å². The van der Waals surface area contributed by atoms with E-state index in [0.29, 0.717) is 25.2 Å². The van der Waals surface area contributed by atoms with Crippen molar-refractivity contribution in [3.05, 3.63) is 29.6 Å². The fourth-order valence-corrected chi connectivity index (χ4v) is 2.33. The summed E-state index contributed by atoms with van der Waals surface area (Å²) in [6.07, 6.45) is 0.228. The number of ether oxygens (including phenoxy) is 1. The molecule has 1 aromatic carbocycles. The predicted molar refractivity (Wildman–Crippen MR) is 77.5 cm³/mol. The van der Waals surface area contributed by atoms with Gasteiger partial charge in [0.1, 0.15) is 11.6 Å². The van der Waals surface area contributed by atoms with Gasteiger partial charge in [-0.2, -0.15) is 0 Å². The SMILES string of the molecule is CCCC(O)C(O)CC(C)c1cc(F)ccc1OCC. The van der Waals surface area contributed by atoms with E-state index in [9.17, 15) is 14.6 Å². The fraction of sp³-hybridized carbons (Fsp3) is 0.625. The van der Waals surface area contributed by atoms with Gasteiger partial charge in [0.15, 0.2) is 0 Å². The van der Waals surface area contributed by atoms with Crippen LogP contribution in [0.2, 0.25) is 0 Å². The standard InChI is InChI=1S/C16H25FO3/c1-4-6-14(18)15(19)9-11(3)13-10-12(17)7-8-16(13)20-5-2/h7-8,10-11,14-15,18-19H,4-6,9H2,1-3H3. The third kappa shape index (κ3) is 4.76. The third-order valence-electron chi connectivity index (χ3n) is 3.43. The highest BCUT2D eigenvalue weighted by molar-refractivity contribution is 5.36. The average Bonchev–Trinajstić information content (AvgIpc) is 2.41. The van der Waals surface area contributed by atoms with Gasteiger partial charge in [0.25, 0.3) is 0 Å². The number of hydrogen-bond donors (Lipinski definition) is 2. The van der Waals surface area contributed by atoms with Crippen molar-refractivity contribution in [2.75, 3.05) is 6.61 Å². The summed E-state index contributed by atoms with van der Waals surface area (Å²) in [5, 5.41) is 19.8. The molecule has 3 nitrogen and oxygen atoms in total. The summed E-state index contributed by atoms with van der Waals surface area (Å²) in [7, 11) is 0. The zero-order valence-electron chi connectivity index (χ0n) is 12.5. The molecule has 114 valence electrons. The number of aliphatic hydroxyl groups excluding tert-OH is 2. The molecule has 0 radical (unpaired) electrons. The van der Waals surface area contributed by atoms with Gasteiger partial charge in [-0.05, 0) is 49.4 Å². The average molecular weight is 284 g/mol. The van der Waals surface area contributed by atoms with Crippen LogP contribution in [0.25, 0.3) is 0 Å². The Kier molecular flexibility index (Phi) is 6.96. The number of halogens is 1. The monoisotopic (exact) mass is 284 g/mol. The molecule has 0 saturated heterocycles. The van der Waals surface area contributed by atoms with E-state index >= 15 is 0 Å². The van der Waals surface area contributed by atoms with Crippen molar-refractivity contribution >= 4 is 0 Å². The van der Waals surface area contributed by atoms with Crippen LogP contribution in [0.5, 0.6) is 5.75 Å². The van der Waals surface area contributed by atoms with E-state index in [1.165, 1.54) is 12.1 Å². The van der Waals surface area contributed by atoms with E-state index in [1.807, 2.05) is 20.8 Å². The van der Waals surface area contributed by atoms with Crippen LogP contribution in [0.15, 0.2) is 18.2 Å². The molecule has 1 aromatic rings. The second-order valence-electron chi connectivity index (χ2n) is 5.18. The van der Waals surface area contributed by atoms with Gasteiger partial charge in [0.2, 0.25) is 0 Å². The van der Waals surface area contributed by atoms with Gasteiger partial charge in [-0.3, -0.25) is 0 Å². The van der Waals surface area contributed by atoms with Crippen LogP contribution in [-0.4, -0.2) is 29.0 Å². The highest BCUT2D eigenvalue weighted by atomic mass is 19.1. The number of aliphatic hydroxyl groups is 2. The Balaban J connectivity index is 2.80. The van der Waals surface area contributed by atoms with Crippen molar-refractivity contribution in [1.29, 1.82) is 0 Å². The molecule has 0 spiro atoms. The first kappa shape index (κ1) is 16.9. The molecule has 0 aliphatic heterocycles. The zero-order valence-corrected chi connectivity index (χ0v) is 12.5. The van der Waals surface area contributed by atoms with Gasteiger partial charge in [0, 0.05) is 0 Å². The van der Waals surface area contributed by atoms with E-state index in [0.717, 1.165) is 12.0 Å². The summed E-state index contributed by atoms with van der Waals surface area (Å²) < 4.78 is 18.9. The molecule has 0 fully saturated rings. The lowest BCUT2D eigenvalue weighted by Gasteiger charge is -2.22. The molecule has 0 saturated carbocycles. The minimum absolute atomic E-state index is 0.0891. The Labute approximate surface area is 120 Å². The van der Waals surface area contributed by atoms with E-state index in [1.54, 1.807) is 6.07 Å². The molecule has 3 unspecified atom stereocenters. The molecule has 2 N–H and O–H groups in total. The Morgan fingerprint density at radius 2 is 1.90 bits per heavy atom. The van der Waals surface area contributed by atoms with Crippen LogP contribution >= 0.6 is 0 Å². The third-order valence-corrected chi connectivity index (χ3v) is 3.43. The molecule has 20 heavy (non-hydrogen) atoms. The molecular formula is C16H25FO3. The molecule has 0 aliphatic carbocycles. The van der Waals surface area contributed by atoms with Crippen LogP contribution in [-0.2, 0) is 0 Å². The Morgan fingerprint density at radius 1 is 1.20 bits per heavy atom. The minimum Gasteiger partial charge on any atom is -0.494 e. The summed E-state index contributed by atoms with van der Waals surface area (Å²) in [5.74, 6) is 0.228. The quantitative estimate of drug-likeness (QED) is 0.770. The number of hydrogen-bond acceptors (Lipinski definition) is 3. The molecule has 0 aliphatic rings. The number of benzene rings is 1. The van der Waals surface area contributed by atoms with E-state index in [-0.39, 0.29) is 11.7 Å². The topological polar surface area (TPSA) is 49.7 Å². The van der Waals surface area contributed by atoms with E-state index in [4.69, 9.17) is 4.74 Å². The first-order valence-electron chi connectivity index (χ1n) is 7.27. The summed E-state index contributed by atoms with van der Waals surface area (Å²) in [5.41, 5.74) is 0.731. The van der Waals surface area contributed by atoms with Crippen LogP contribution < -0.4 is 4.74 Å². The van der Waals surface area contributed by atoms with Crippen LogP contribution in [0.4, 0.5) is 4.39 Å². The Hall–Kier alpha value is -1.13. The normalized spacial score (nSPS) is 15.7. The van der Waals surface area contributed by atoms with Crippen molar-refractivity contribution in [3.63, 3.8) is 0 Å². The summed E-state index contributed by atoms with van der Waals surface area (Å²) in [4.78, 5) is 0. The lowest BCUT2D eigenvalue weighted by molar-refractivity contribution is 0.00625. The Bertz CT molecular complexity index is 409. The number of rotatable bonds is 8. The summed E-state index contributed by atoms with van der Waals surface area (Å²) in [6, 6.07) is 4.41. The molecule has 0 aromatic heterocycles. The first-order chi connectivity index (χ1) is 9.49. The van der Waals surface area contributed by atoms with Gasteiger partial charge >= 0.3 is 0 Å². The lowest BCUT2D eigenvalue weighted by atomic mass is 9.91. The summed E-state index contributed by atoms with van der Waals surface area (Å²) in [6.45, 7) is 6.24. The fourth-order valence-electron chi connectivity index (χ4n) is 2.33. The highest BCUT2D eigenvalue weighted by Crippen LogP contribution is 2.31. The van der Waals surface area contributed by atoms with Crippen LogP contribution in [0.3, 0.4) is 0 Å². The van der Waals surface area contributed by atoms with Crippen molar-refractivity contribution in [3.8, 4) is 5.75 Å². The lowest BCUT2D eigenvalue weighted by Crippen LogP contribution is -2.27.